The van der Waals surface area contributed by atoms with E-state index in [-0.39, 0.29) is 17.3 Å². The van der Waals surface area contributed by atoms with Crippen LogP contribution in [0.4, 0.5) is 5.69 Å². The van der Waals surface area contributed by atoms with Crippen LogP contribution >= 0.6 is 0 Å². The molecule has 0 saturated carbocycles. The van der Waals surface area contributed by atoms with Gasteiger partial charge in [0.15, 0.2) is 0 Å². The molecule has 0 aromatic heterocycles. The molecule has 1 amide bonds. The van der Waals surface area contributed by atoms with E-state index in [1.165, 1.54) is 38.1 Å². The van der Waals surface area contributed by atoms with Crippen LogP contribution in [-0.4, -0.2) is 42.1 Å². The number of nitrogen functional groups attached to an aromatic ring is 1. The molecule has 104 valence electrons. The van der Waals surface area contributed by atoms with Crippen LogP contribution in [0, 0.1) is 0 Å². The van der Waals surface area contributed by atoms with E-state index in [2.05, 4.69) is 10.2 Å². The van der Waals surface area contributed by atoms with Crippen molar-refractivity contribution in [1.82, 2.24) is 10.2 Å². The molecule has 1 saturated heterocycles. The van der Waals surface area contributed by atoms with E-state index >= 15 is 0 Å². The number of nitrogens with zero attached hydrogens (tertiary/aromatic N) is 1. The van der Waals surface area contributed by atoms with Crippen LogP contribution in [0.5, 0.6) is 5.75 Å². The highest BCUT2D eigenvalue weighted by Gasteiger charge is 2.11. The van der Waals surface area contributed by atoms with Crippen molar-refractivity contribution >= 4 is 11.6 Å². The molecule has 1 aromatic carbocycles. The second-order valence-electron chi connectivity index (χ2n) is 4.93. The standard InChI is InChI=1S/C14H21N3O2/c15-12-5-4-11(10-13(12)18)14(19)16-6-3-9-17-7-1-2-8-17/h4-5,10,18H,1-3,6-9,15H2,(H,16,19). The van der Waals surface area contributed by atoms with Gasteiger partial charge in [-0.05, 0) is 57.1 Å². The molecular formula is C14H21N3O2. The predicted octanol–water partition coefficient (Wildman–Crippen LogP) is 1.19. The van der Waals surface area contributed by atoms with Crippen molar-refractivity contribution in [2.45, 2.75) is 19.3 Å². The molecule has 4 N–H and O–H groups in total. The van der Waals surface area contributed by atoms with Crippen molar-refractivity contribution in [3.63, 3.8) is 0 Å². The first-order valence-corrected chi connectivity index (χ1v) is 6.76. The van der Waals surface area contributed by atoms with Crippen LogP contribution in [0.2, 0.25) is 0 Å². The number of amides is 1. The lowest BCUT2D eigenvalue weighted by atomic mass is 10.2. The Bertz CT molecular complexity index is 442. The van der Waals surface area contributed by atoms with Gasteiger partial charge in [-0.1, -0.05) is 0 Å². The number of nitrogens with one attached hydrogen (secondary N) is 1. The summed E-state index contributed by atoms with van der Waals surface area (Å²) in [5.41, 5.74) is 6.21. The Hall–Kier alpha value is -1.75. The minimum Gasteiger partial charge on any atom is -0.506 e. The van der Waals surface area contributed by atoms with Gasteiger partial charge in [0.05, 0.1) is 5.69 Å². The lowest BCUT2D eigenvalue weighted by Crippen LogP contribution is -2.28. The molecule has 5 nitrogen and oxygen atoms in total. The van der Waals surface area contributed by atoms with Gasteiger partial charge in [0, 0.05) is 12.1 Å². The molecular weight excluding hydrogens is 242 g/mol. The number of likely N-dealkylation sites (tertiary alicyclic amines) is 1. The highest BCUT2D eigenvalue weighted by atomic mass is 16.3. The summed E-state index contributed by atoms with van der Waals surface area (Å²) in [5, 5.41) is 12.3. The first-order valence-electron chi connectivity index (χ1n) is 6.76. The molecule has 1 fully saturated rings. The zero-order valence-corrected chi connectivity index (χ0v) is 11.1. The Kier molecular flexibility index (Phi) is 4.63. The first kappa shape index (κ1) is 13.7. The molecule has 19 heavy (non-hydrogen) atoms. The number of nitrogens with two attached hydrogens (primary N) is 1. The fraction of sp³-hybridized carbons (Fsp3) is 0.500. The Balaban J connectivity index is 1.72. The molecule has 1 aliphatic rings. The van der Waals surface area contributed by atoms with E-state index in [9.17, 15) is 9.90 Å². The summed E-state index contributed by atoms with van der Waals surface area (Å²) in [7, 11) is 0. The zero-order chi connectivity index (χ0) is 13.7. The minimum atomic E-state index is -0.170. The molecule has 2 rings (SSSR count). The SMILES string of the molecule is Nc1ccc(C(=O)NCCCN2CCCC2)cc1O. The monoisotopic (exact) mass is 263 g/mol. The molecule has 0 bridgehead atoms. The third kappa shape index (κ3) is 3.86. The van der Waals surface area contributed by atoms with Crippen molar-refractivity contribution in [3.05, 3.63) is 23.8 Å². The van der Waals surface area contributed by atoms with E-state index in [0.29, 0.717) is 12.1 Å². The van der Waals surface area contributed by atoms with Crippen LogP contribution in [0.25, 0.3) is 0 Å². The highest BCUT2D eigenvalue weighted by molar-refractivity contribution is 5.95. The van der Waals surface area contributed by atoms with Crippen molar-refractivity contribution in [2.75, 3.05) is 31.9 Å². The summed E-state index contributed by atoms with van der Waals surface area (Å²) < 4.78 is 0. The number of aromatic hydroxyl groups is 1. The fourth-order valence-corrected chi connectivity index (χ4v) is 2.30. The van der Waals surface area contributed by atoms with Gasteiger partial charge in [-0.15, -0.1) is 0 Å². The maximum Gasteiger partial charge on any atom is 0.251 e. The number of benzene rings is 1. The topological polar surface area (TPSA) is 78.6 Å². The number of anilines is 1. The third-order valence-electron chi connectivity index (χ3n) is 3.43. The van der Waals surface area contributed by atoms with Crippen molar-refractivity contribution in [1.29, 1.82) is 0 Å². The third-order valence-corrected chi connectivity index (χ3v) is 3.43. The second-order valence-corrected chi connectivity index (χ2v) is 4.93. The van der Waals surface area contributed by atoms with Gasteiger partial charge in [0.1, 0.15) is 5.75 Å². The average molecular weight is 263 g/mol. The molecule has 1 heterocycles. The zero-order valence-electron chi connectivity index (χ0n) is 11.1. The quantitative estimate of drug-likeness (QED) is 0.423. The molecule has 0 atom stereocenters. The summed E-state index contributed by atoms with van der Waals surface area (Å²) in [5.74, 6) is -0.221. The van der Waals surface area contributed by atoms with Crippen LogP contribution in [0.1, 0.15) is 29.6 Å². The molecule has 0 radical (unpaired) electrons. The van der Waals surface area contributed by atoms with E-state index < -0.39 is 0 Å². The summed E-state index contributed by atoms with van der Waals surface area (Å²) in [4.78, 5) is 14.2. The van der Waals surface area contributed by atoms with Crippen LogP contribution in [-0.2, 0) is 0 Å². The highest BCUT2D eigenvalue weighted by Crippen LogP contribution is 2.20. The number of carbonyl (C=O) groups excluding carboxylic acids is 1. The maximum absolute atomic E-state index is 11.8. The summed E-state index contributed by atoms with van der Waals surface area (Å²) >= 11 is 0. The molecule has 1 aliphatic heterocycles. The summed E-state index contributed by atoms with van der Waals surface area (Å²) in [6.45, 7) is 4.05. The molecule has 0 unspecified atom stereocenters. The maximum atomic E-state index is 11.8. The summed E-state index contributed by atoms with van der Waals surface area (Å²) in [6, 6.07) is 4.55. The molecule has 0 spiro atoms. The van der Waals surface area contributed by atoms with Gasteiger partial charge in [-0.3, -0.25) is 4.79 Å². The van der Waals surface area contributed by atoms with Gasteiger partial charge in [-0.2, -0.15) is 0 Å². The number of phenolic OH excluding ortho intramolecular Hbond substituents is 1. The van der Waals surface area contributed by atoms with Gasteiger partial charge in [-0.25, -0.2) is 0 Å². The van der Waals surface area contributed by atoms with Gasteiger partial charge < -0.3 is 21.1 Å². The number of rotatable bonds is 5. The minimum absolute atomic E-state index is 0.0512. The largest absolute Gasteiger partial charge is 0.506 e. The summed E-state index contributed by atoms with van der Waals surface area (Å²) in [6.07, 6.45) is 3.53. The Morgan fingerprint density at radius 1 is 1.37 bits per heavy atom. The van der Waals surface area contributed by atoms with Crippen molar-refractivity contribution in [3.8, 4) is 5.75 Å². The van der Waals surface area contributed by atoms with E-state index in [4.69, 9.17) is 5.73 Å². The van der Waals surface area contributed by atoms with E-state index in [1.54, 1.807) is 6.07 Å². The van der Waals surface area contributed by atoms with Crippen LogP contribution in [0.3, 0.4) is 0 Å². The average Bonchev–Trinajstić information content (AvgIpc) is 2.91. The second kappa shape index (κ2) is 6.43. The Labute approximate surface area is 113 Å². The number of carbonyl (C=O) groups is 1. The predicted molar refractivity (Wildman–Crippen MR) is 75.1 cm³/mol. The van der Waals surface area contributed by atoms with Crippen LogP contribution in [0.15, 0.2) is 18.2 Å². The lowest BCUT2D eigenvalue weighted by molar-refractivity contribution is 0.0951. The lowest BCUT2D eigenvalue weighted by Gasteiger charge is -2.14. The van der Waals surface area contributed by atoms with Gasteiger partial charge >= 0.3 is 0 Å². The Morgan fingerprint density at radius 3 is 2.79 bits per heavy atom. The van der Waals surface area contributed by atoms with Gasteiger partial charge in [0.25, 0.3) is 5.91 Å². The van der Waals surface area contributed by atoms with Gasteiger partial charge in [0.2, 0.25) is 0 Å². The first-order chi connectivity index (χ1) is 9.16. The van der Waals surface area contributed by atoms with Crippen molar-refractivity contribution in [2.24, 2.45) is 0 Å². The molecule has 5 heteroatoms. The molecule has 0 aliphatic carbocycles. The number of hydrogen-bond acceptors (Lipinski definition) is 4. The van der Waals surface area contributed by atoms with Crippen molar-refractivity contribution < 1.29 is 9.90 Å². The molecule has 1 aromatic rings. The fourth-order valence-electron chi connectivity index (χ4n) is 2.30. The number of phenols is 1. The number of hydrogen-bond donors (Lipinski definition) is 3. The normalized spacial score (nSPS) is 15.6. The Morgan fingerprint density at radius 2 is 2.11 bits per heavy atom. The smallest absolute Gasteiger partial charge is 0.251 e. The van der Waals surface area contributed by atoms with E-state index in [0.717, 1.165) is 13.0 Å². The van der Waals surface area contributed by atoms with E-state index in [1.807, 2.05) is 0 Å². The van der Waals surface area contributed by atoms with Crippen LogP contribution < -0.4 is 11.1 Å².